The van der Waals surface area contributed by atoms with E-state index in [1.165, 1.54) is 11.1 Å². The number of piperidine rings is 1. The minimum absolute atomic E-state index is 0.129. The molecule has 154 valence electrons. The number of aryl methyl sites for hydroxylation is 1. The molecule has 3 nitrogen and oxygen atoms in total. The molecule has 0 spiro atoms. The summed E-state index contributed by atoms with van der Waals surface area (Å²) in [7, 11) is 2.08. The van der Waals surface area contributed by atoms with Crippen molar-refractivity contribution in [1.29, 1.82) is 0 Å². The van der Waals surface area contributed by atoms with E-state index < -0.39 is 0 Å². The Morgan fingerprint density at radius 2 is 1.80 bits per heavy atom. The van der Waals surface area contributed by atoms with E-state index in [9.17, 15) is 0 Å². The maximum Gasteiger partial charge on any atom is 0.123 e. The van der Waals surface area contributed by atoms with Gasteiger partial charge in [-0.05, 0) is 62.0 Å². The molecule has 1 aliphatic heterocycles. The van der Waals surface area contributed by atoms with Crippen LogP contribution in [-0.4, -0.2) is 27.5 Å². The first-order chi connectivity index (χ1) is 14.7. The third-order valence-corrected chi connectivity index (χ3v) is 7.19. The van der Waals surface area contributed by atoms with Crippen LogP contribution >= 0.6 is 11.6 Å². The van der Waals surface area contributed by atoms with Gasteiger partial charge < -0.3 is 4.57 Å². The second-order valence-corrected chi connectivity index (χ2v) is 8.97. The number of para-hydroxylation sites is 1. The van der Waals surface area contributed by atoms with Gasteiger partial charge in [-0.15, -0.1) is 0 Å². The Bertz CT molecular complexity index is 1100. The number of halogens is 1. The Morgan fingerprint density at radius 3 is 2.50 bits per heavy atom. The summed E-state index contributed by atoms with van der Waals surface area (Å²) in [4.78, 5) is 7.41. The van der Waals surface area contributed by atoms with Crippen molar-refractivity contribution in [1.82, 2.24) is 14.5 Å². The molecule has 30 heavy (non-hydrogen) atoms. The van der Waals surface area contributed by atoms with Gasteiger partial charge in [-0.2, -0.15) is 0 Å². The van der Waals surface area contributed by atoms with Crippen molar-refractivity contribution in [3.05, 3.63) is 88.7 Å². The fourth-order valence-electron chi connectivity index (χ4n) is 5.17. The average molecular weight is 418 g/mol. The molecule has 0 unspecified atom stereocenters. The number of benzene rings is 2. The monoisotopic (exact) mass is 417 g/mol. The zero-order chi connectivity index (χ0) is 20.6. The average Bonchev–Trinajstić information content (AvgIpc) is 3.12. The van der Waals surface area contributed by atoms with Crippen LogP contribution in [0.3, 0.4) is 0 Å². The molecule has 0 N–H and O–H groups in total. The van der Waals surface area contributed by atoms with Crippen LogP contribution in [0.2, 0.25) is 5.02 Å². The lowest BCUT2D eigenvalue weighted by Gasteiger charge is -2.44. The van der Waals surface area contributed by atoms with Crippen molar-refractivity contribution in [2.24, 2.45) is 7.05 Å². The lowest BCUT2D eigenvalue weighted by atomic mass is 9.66. The zero-order valence-corrected chi connectivity index (χ0v) is 18.3. The number of nitrogens with zero attached hydrogens (tertiary/aromatic N) is 3. The summed E-state index contributed by atoms with van der Waals surface area (Å²) in [5.74, 6) is 1.09. The van der Waals surface area contributed by atoms with Crippen LogP contribution < -0.4 is 0 Å². The fourth-order valence-corrected chi connectivity index (χ4v) is 5.47. The summed E-state index contributed by atoms with van der Waals surface area (Å²) in [5, 5.41) is 0.770. The zero-order valence-electron chi connectivity index (χ0n) is 17.5. The van der Waals surface area contributed by atoms with Crippen LogP contribution in [0.15, 0.2) is 72.3 Å². The number of hydrogen-bond donors (Lipinski definition) is 0. The van der Waals surface area contributed by atoms with E-state index in [2.05, 4.69) is 65.1 Å². The van der Waals surface area contributed by atoms with Crippen molar-refractivity contribution in [3.63, 3.8) is 0 Å². The molecule has 1 saturated heterocycles. The molecule has 1 aliphatic carbocycles. The molecule has 0 amide bonds. The summed E-state index contributed by atoms with van der Waals surface area (Å²) < 4.78 is 2.16. The Hall–Kier alpha value is -2.36. The van der Waals surface area contributed by atoms with E-state index in [-0.39, 0.29) is 5.41 Å². The van der Waals surface area contributed by atoms with Gasteiger partial charge in [0.1, 0.15) is 5.82 Å². The summed E-state index contributed by atoms with van der Waals surface area (Å²) in [6.45, 7) is 3.00. The molecular weight excluding hydrogens is 390 g/mol. The van der Waals surface area contributed by atoms with E-state index >= 15 is 0 Å². The third-order valence-electron chi connectivity index (χ3n) is 6.89. The Balaban J connectivity index is 1.39. The predicted molar refractivity (Wildman–Crippen MR) is 125 cm³/mol. The van der Waals surface area contributed by atoms with E-state index in [1.54, 1.807) is 0 Å². The SMILES string of the molecule is Cn1c(CN2CCC(C3=CCCC=C3)(c3ccccc3)CC2)nc2cccc(Cl)c21. The first-order valence-electron chi connectivity index (χ1n) is 10.9. The maximum absolute atomic E-state index is 6.42. The quantitative estimate of drug-likeness (QED) is 0.516. The van der Waals surface area contributed by atoms with Gasteiger partial charge in [-0.3, -0.25) is 4.90 Å². The normalized spacial score (nSPS) is 19.2. The van der Waals surface area contributed by atoms with Crippen LogP contribution in [0.1, 0.15) is 37.1 Å². The summed E-state index contributed by atoms with van der Waals surface area (Å²) in [6.07, 6.45) is 11.8. The molecule has 1 fully saturated rings. The minimum atomic E-state index is 0.129. The highest BCUT2D eigenvalue weighted by Crippen LogP contribution is 2.44. The largest absolute Gasteiger partial charge is 0.329 e. The van der Waals surface area contributed by atoms with Crippen LogP contribution in [0.4, 0.5) is 0 Å². The van der Waals surface area contributed by atoms with Crippen molar-refractivity contribution < 1.29 is 0 Å². The number of hydrogen-bond acceptors (Lipinski definition) is 2. The maximum atomic E-state index is 6.42. The van der Waals surface area contributed by atoms with E-state index in [1.807, 2.05) is 18.2 Å². The molecular formula is C26H28ClN3. The second kappa shape index (κ2) is 8.05. The van der Waals surface area contributed by atoms with E-state index in [0.29, 0.717) is 0 Å². The van der Waals surface area contributed by atoms with Crippen LogP contribution in [0, 0.1) is 0 Å². The van der Waals surface area contributed by atoms with Gasteiger partial charge in [-0.1, -0.05) is 66.2 Å². The fraction of sp³-hybridized carbons (Fsp3) is 0.346. The summed E-state index contributed by atoms with van der Waals surface area (Å²) >= 11 is 6.42. The number of allylic oxidation sites excluding steroid dienone is 4. The van der Waals surface area contributed by atoms with Crippen molar-refractivity contribution >= 4 is 22.6 Å². The number of likely N-dealkylation sites (tertiary alicyclic amines) is 1. The molecule has 0 saturated carbocycles. The van der Waals surface area contributed by atoms with Crippen molar-refractivity contribution in [2.75, 3.05) is 13.1 Å². The second-order valence-electron chi connectivity index (χ2n) is 8.56. The van der Waals surface area contributed by atoms with Crippen molar-refractivity contribution in [3.8, 4) is 0 Å². The number of imidazole rings is 1. The van der Waals surface area contributed by atoms with Gasteiger partial charge in [0.15, 0.2) is 0 Å². The smallest absolute Gasteiger partial charge is 0.123 e. The molecule has 2 heterocycles. The van der Waals surface area contributed by atoms with Gasteiger partial charge in [0.25, 0.3) is 0 Å². The predicted octanol–water partition coefficient (Wildman–Crippen LogP) is 6.04. The summed E-state index contributed by atoms with van der Waals surface area (Å²) in [6, 6.07) is 17.1. The Morgan fingerprint density at radius 1 is 1.00 bits per heavy atom. The highest BCUT2D eigenvalue weighted by atomic mass is 35.5. The Labute approximate surface area is 183 Å². The van der Waals surface area contributed by atoms with Gasteiger partial charge in [0.05, 0.1) is 22.6 Å². The Kier molecular flexibility index (Phi) is 5.26. The standard InChI is InChI=1S/C26H28ClN3/c1-29-24(28-23-14-8-13-22(27)25(23)29)19-30-17-15-26(16-18-30,20-9-4-2-5-10-20)21-11-6-3-7-12-21/h2,4-6,8-14H,3,7,15-19H2,1H3. The number of rotatable bonds is 4. The third kappa shape index (κ3) is 3.40. The first kappa shape index (κ1) is 19.6. The van der Waals surface area contributed by atoms with Crippen LogP contribution in [-0.2, 0) is 19.0 Å². The number of aromatic nitrogens is 2. The van der Waals surface area contributed by atoms with Gasteiger partial charge >= 0.3 is 0 Å². The molecule has 2 aliphatic rings. The van der Waals surface area contributed by atoms with Gasteiger partial charge in [0, 0.05) is 12.5 Å². The van der Waals surface area contributed by atoms with Crippen LogP contribution in [0.25, 0.3) is 11.0 Å². The summed E-state index contributed by atoms with van der Waals surface area (Å²) in [5.41, 5.74) is 5.10. The topological polar surface area (TPSA) is 21.1 Å². The molecule has 0 radical (unpaired) electrons. The molecule has 4 heteroatoms. The highest BCUT2D eigenvalue weighted by molar-refractivity contribution is 6.35. The van der Waals surface area contributed by atoms with E-state index in [0.717, 1.165) is 67.2 Å². The molecule has 2 aromatic carbocycles. The van der Waals surface area contributed by atoms with Crippen molar-refractivity contribution in [2.45, 2.75) is 37.6 Å². The van der Waals surface area contributed by atoms with Gasteiger partial charge in [-0.25, -0.2) is 4.98 Å². The number of fused-ring (bicyclic) bond motifs is 1. The lowest BCUT2D eigenvalue weighted by Crippen LogP contribution is -2.43. The molecule has 0 bridgehead atoms. The lowest BCUT2D eigenvalue weighted by molar-refractivity contribution is 0.167. The molecule has 1 aromatic heterocycles. The minimum Gasteiger partial charge on any atom is -0.329 e. The highest BCUT2D eigenvalue weighted by Gasteiger charge is 2.38. The molecule has 3 aromatic rings. The van der Waals surface area contributed by atoms with Gasteiger partial charge in [0.2, 0.25) is 0 Å². The van der Waals surface area contributed by atoms with E-state index in [4.69, 9.17) is 16.6 Å². The molecule has 5 rings (SSSR count). The first-order valence-corrected chi connectivity index (χ1v) is 11.3. The molecule has 0 atom stereocenters. The van der Waals surface area contributed by atoms with Crippen LogP contribution in [0.5, 0.6) is 0 Å².